The SMILES string of the molecule is O=C1Nc2ccc(Br)cc2C1=Nc1cccc(C(=O)O)c1. The molecule has 0 aromatic heterocycles. The second kappa shape index (κ2) is 5.14. The molecule has 1 aliphatic heterocycles. The van der Waals surface area contributed by atoms with E-state index in [1.807, 2.05) is 6.07 Å². The number of hydrogen-bond donors (Lipinski definition) is 2. The lowest BCUT2D eigenvalue weighted by molar-refractivity contribution is -0.110. The molecule has 0 unspecified atom stereocenters. The van der Waals surface area contributed by atoms with E-state index in [4.69, 9.17) is 5.11 Å². The summed E-state index contributed by atoms with van der Waals surface area (Å²) in [5, 5.41) is 11.7. The number of nitrogens with zero attached hydrogens (tertiary/aromatic N) is 1. The molecule has 1 amide bonds. The first-order valence-electron chi connectivity index (χ1n) is 6.08. The fourth-order valence-electron chi connectivity index (χ4n) is 2.07. The molecule has 0 saturated carbocycles. The largest absolute Gasteiger partial charge is 0.478 e. The van der Waals surface area contributed by atoms with E-state index in [1.54, 1.807) is 24.3 Å². The maximum atomic E-state index is 12.0. The third kappa shape index (κ3) is 2.57. The molecule has 5 nitrogen and oxygen atoms in total. The van der Waals surface area contributed by atoms with Crippen LogP contribution in [0.25, 0.3) is 0 Å². The summed E-state index contributed by atoms with van der Waals surface area (Å²) in [6, 6.07) is 11.6. The van der Waals surface area contributed by atoms with Crippen molar-refractivity contribution in [3.63, 3.8) is 0 Å². The summed E-state index contributed by atoms with van der Waals surface area (Å²) in [4.78, 5) is 27.2. The Kier molecular flexibility index (Phi) is 3.31. The fraction of sp³-hybridized carbons (Fsp3) is 0. The monoisotopic (exact) mass is 344 g/mol. The lowest BCUT2D eigenvalue weighted by atomic mass is 10.1. The van der Waals surface area contributed by atoms with Crippen molar-refractivity contribution in [1.82, 2.24) is 0 Å². The molecule has 2 aromatic rings. The van der Waals surface area contributed by atoms with Gasteiger partial charge in [0.25, 0.3) is 5.91 Å². The molecule has 0 spiro atoms. The van der Waals surface area contributed by atoms with Gasteiger partial charge in [-0.1, -0.05) is 22.0 Å². The minimum absolute atomic E-state index is 0.129. The fourth-order valence-corrected chi connectivity index (χ4v) is 2.43. The van der Waals surface area contributed by atoms with Crippen LogP contribution in [0.1, 0.15) is 15.9 Å². The topological polar surface area (TPSA) is 78.8 Å². The van der Waals surface area contributed by atoms with Crippen molar-refractivity contribution in [2.75, 3.05) is 5.32 Å². The predicted molar refractivity (Wildman–Crippen MR) is 82.4 cm³/mol. The summed E-state index contributed by atoms with van der Waals surface area (Å²) in [6.07, 6.45) is 0. The van der Waals surface area contributed by atoms with Gasteiger partial charge in [-0.25, -0.2) is 9.79 Å². The van der Waals surface area contributed by atoms with Gasteiger partial charge in [0.15, 0.2) is 0 Å². The molecule has 1 aliphatic rings. The number of fused-ring (bicyclic) bond motifs is 1. The first kappa shape index (κ1) is 13.5. The first-order valence-corrected chi connectivity index (χ1v) is 6.87. The van der Waals surface area contributed by atoms with Crippen LogP contribution in [0.2, 0.25) is 0 Å². The highest BCUT2D eigenvalue weighted by atomic mass is 79.9. The number of benzene rings is 2. The smallest absolute Gasteiger partial charge is 0.335 e. The van der Waals surface area contributed by atoms with Gasteiger partial charge in [0.05, 0.1) is 16.9 Å². The van der Waals surface area contributed by atoms with Crippen LogP contribution in [0.4, 0.5) is 11.4 Å². The Morgan fingerprint density at radius 2 is 2.00 bits per heavy atom. The second-order valence-electron chi connectivity index (χ2n) is 4.46. The molecule has 0 saturated heterocycles. The minimum Gasteiger partial charge on any atom is -0.478 e. The number of rotatable bonds is 2. The van der Waals surface area contributed by atoms with Crippen molar-refractivity contribution in [1.29, 1.82) is 0 Å². The Bertz CT molecular complexity index is 799. The number of carboxylic acid groups (broad SMARTS) is 1. The average Bonchev–Trinajstić information content (AvgIpc) is 2.75. The summed E-state index contributed by atoms with van der Waals surface area (Å²) in [5.41, 5.74) is 2.21. The number of nitrogens with one attached hydrogen (secondary N) is 1. The van der Waals surface area contributed by atoms with Crippen LogP contribution in [0.3, 0.4) is 0 Å². The third-order valence-corrected chi connectivity index (χ3v) is 3.53. The van der Waals surface area contributed by atoms with E-state index in [1.165, 1.54) is 12.1 Å². The van der Waals surface area contributed by atoms with E-state index >= 15 is 0 Å². The number of amides is 1. The van der Waals surface area contributed by atoms with Gasteiger partial charge < -0.3 is 10.4 Å². The number of carbonyl (C=O) groups excluding carboxylic acids is 1. The minimum atomic E-state index is -1.03. The Balaban J connectivity index is 2.08. The number of hydrogen-bond acceptors (Lipinski definition) is 3. The summed E-state index contributed by atoms with van der Waals surface area (Å²) in [7, 11) is 0. The summed E-state index contributed by atoms with van der Waals surface area (Å²) in [5.74, 6) is -1.33. The highest BCUT2D eigenvalue weighted by molar-refractivity contribution is 9.10. The van der Waals surface area contributed by atoms with Crippen molar-refractivity contribution in [3.05, 3.63) is 58.1 Å². The molecule has 21 heavy (non-hydrogen) atoms. The Hall–Kier alpha value is -2.47. The summed E-state index contributed by atoms with van der Waals surface area (Å²) >= 11 is 3.36. The molecule has 0 radical (unpaired) electrons. The molecule has 0 aliphatic carbocycles. The normalized spacial score (nSPS) is 14.9. The zero-order valence-electron chi connectivity index (χ0n) is 10.6. The lowest BCUT2D eigenvalue weighted by Gasteiger charge is -2.00. The van der Waals surface area contributed by atoms with E-state index in [-0.39, 0.29) is 17.2 Å². The van der Waals surface area contributed by atoms with Crippen molar-refractivity contribution < 1.29 is 14.7 Å². The third-order valence-electron chi connectivity index (χ3n) is 3.03. The van der Waals surface area contributed by atoms with Crippen molar-refractivity contribution >= 4 is 44.9 Å². The quantitative estimate of drug-likeness (QED) is 0.877. The molecule has 1 heterocycles. The molecule has 104 valence electrons. The molecule has 6 heteroatoms. The van der Waals surface area contributed by atoms with E-state index < -0.39 is 5.97 Å². The van der Waals surface area contributed by atoms with E-state index in [0.29, 0.717) is 16.9 Å². The highest BCUT2D eigenvalue weighted by Crippen LogP contribution is 2.28. The number of aromatic carboxylic acids is 1. The van der Waals surface area contributed by atoms with Gasteiger partial charge in [-0.15, -0.1) is 0 Å². The Morgan fingerprint density at radius 3 is 2.76 bits per heavy atom. The van der Waals surface area contributed by atoms with Gasteiger partial charge in [0.1, 0.15) is 5.71 Å². The molecule has 0 fully saturated rings. The molecular formula is C15H9BrN2O3. The summed E-state index contributed by atoms with van der Waals surface area (Å²) < 4.78 is 0.838. The zero-order valence-corrected chi connectivity index (χ0v) is 12.2. The summed E-state index contributed by atoms with van der Waals surface area (Å²) in [6.45, 7) is 0. The molecule has 0 bridgehead atoms. The zero-order chi connectivity index (χ0) is 15.0. The maximum Gasteiger partial charge on any atom is 0.335 e. The number of carbonyl (C=O) groups is 2. The van der Waals surface area contributed by atoms with Crippen LogP contribution in [0, 0.1) is 0 Å². The Labute approximate surface area is 128 Å². The van der Waals surface area contributed by atoms with E-state index in [2.05, 4.69) is 26.2 Å². The molecule has 0 atom stereocenters. The Morgan fingerprint density at radius 1 is 1.19 bits per heavy atom. The lowest BCUT2D eigenvalue weighted by Crippen LogP contribution is -2.13. The predicted octanol–water partition coefficient (Wildman–Crippen LogP) is 3.22. The van der Waals surface area contributed by atoms with Crippen molar-refractivity contribution in [2.45, 2.75) is 0 Å². The molecule has 2 aromatic carbocycles. The van der Waals surface area contributed by atoms with Crippen LogP contribution in [0.15, 0.2) is 51.9 Å². The van der Waals surface area contributed by atoms with Crippen molar-refractivity contribution in [2.24, 2.45) is 4.99 Å². The number of halogens is 1. The molecule has 3 rings (SSSR count). The maximum absolute atomic E-state index is 12.0. The van der Waals surface area contributed by atoms with Gasteiger partial charge in [0.2, 0.25) is 0 Å². The van der Waals surface area contributed by atoms with Crippen LogP contribution >= 0.6 is 15.9 Å². The van der Waals surface area contributed by atoms with E-state index in [9.17, 15) is 9.59 Å². The van der Waals surface area contributed by atoms with Gasteiger partial charge in [-0.3, -0.25) is 4.79 Å². The number of anilines is 1. The van der Waals surface area contributed by atoms with Gasteiger partial charge in [-0.05, 0) is 36.4 Å². The van der Waals surface area contributed by atoms with Crippen LogP contribution < -0.4 is 5.32 Å². The highest BCUT2D eigenvalue weighted by Gasteiger charge is 2.26. The average molecular weight is 345 g/mol. The standard InChI is InChI=1S/C15H9BrN2O3/c16-9-4-5-12-11(7-9)13(14(19)18-12)17-10-3-1-2-8(6-10)15(20)21/h1-7H,(H,20,21)(H,17,18,19). The molecule has 2 N–H and O–H groups in total. The van der Waals surface area contributed by atoms with Crippen LogP contribution in [-0.2, 0) is 4.79 Å². The van der Waals surface area contributed by atoms with Gasteiger partial charge in [-0.2, -0.15) is 0 Å². The number of carboxylic acids is 1. The number of aliphatic imine (C=N–C) groups is 1. The first-order chi connectivity index (χ1) is 10.0. The van der Waals surface area contributed by atoms with Gasteiger partial charge in [0, 0.05) is 10.0 Å². The van der Waals surface area contributed by atoms with Crippen molar-refractivity contribution in [3.8, 4) is 0 Å². The second-order valence-corrected chi connectivity index (χ2v) is 5.38. The van der Waals surface area contributed by atoms with E-state index in [0.717, 1.165) is 4.47 Å². The molecular weight excluding hydrogens is 336 g/mol. The van der Waals surface area contributed by atoms with Crippen LogP contribution in [0.5, 0.6) is 0 Å². The van der Waals surface area contributed by atoms with Gasteiger partial charge >= 0.3 is 5.97 Å². The van der Waals surface area contributed by atoms with Crippen LogP contribution in [-0.4, -0.2) is 22.7 Å².